The molecule has 1 aromatic heterocycles. The second-order valence-corrected chi connectivity index (χ2v) is 6.29. The minimum absolute atomic E-state index is 0.292. The lowest BCUT2D eigenvalue weighted by Gasteiger charge is -2.16. The van der Waals surface area contributed by atoms with E-state index in [0.717, 1.165) is 9.88 Å². The van der Waals surface area contributed by atoms with Gasteiger partial charge in [-0.15, -0.1) is 11.3 Å². The molecule has 0 aliphatic rings. The van der Waals surface area contributed by atoms with Crippen molar-refractivity contribution in [3.63, 3.8) is 0 Å². The van der Waals surface area contributed by atoms with Crippen molar-refractivity contribution in [1.29, 1.82) is 0 Å². The van der Waals surface area contributed by atoms with Gasteiger partial charge in [-0.3, -0.25) is 0 Å². The number of benzene rings is 1. The van der Waals surface area contributed by atoms with Crippen molar-refractivity contribution in [3.05, 3.63) is 50.7 Å². The van der Waals surface area contributed by atoms with Gasteiger partial charge in [-0.2, -0.15) is 0 Å². The van der Waals surface area contributed by atoms with Crippen LogP contribution in [-0.4, -0.2) is 11.0 Å². The molecule has 0 bridgehead atoms. The Morgan fingerprint density at radius 1 is 1.52 bits per heavy atom. The maximum absolute atomic E-state index is 13.0. The van der Waals surface area contributed by atoms with E-state index in [-0.39, 0.29) is 12.1 Å². The highest BCUT2D eigenvalue weighted by atomic mass is 35.5. The molecule has 4 nitrogen and oxygen atoms in total. The molecule has 2 aromatic rings. The fraction of sp³-hybridized carbons (Fsp3) is 0.286. The molecule has 1 atom stereocenters. The Balaban J connectivity index is 1.89. The van der Waals surface area contributed by atoms with Crippen LogP contribution < -0.4 is 10.6 Å². The standard InChI is InChI=1S/C14H15ClFN3OS/c1-8(12-4-3-10(16)5-13(12)15)19-14(20)18-7-11-6-17-9(2)21-11/h3-6,8H,7H2,1-2H3,(H2,18,19,20)/t8-/m0/s1. The number of rotatable bonds is 4. The highest BCUT2D eigenvalue weighted by molar-refractivity contribution is 7.11. The average Bonchev–Trinajstić information content (AvgIpc) is 2.82. The lowest BCUT2D eigenvalue weighted by molar-refractivity contribution is 0.237. The van der Waals surface area contributed by atoms with Crippen LogP contribution in [0.1, 0.15) is 28.4 Å². The van der Waals surface area contributed by atoms with Gasteiger partial charge >= 0.3 is 6.03 Å². The third kappa shape index (κ3) is 4.41. The molecule has 0 saturated heterocycles. The van der Waals surface area contributed by atoms with Crippen LogP contribution in [0.15, 0.2) is 24.4 Å². The number of aromatic nitrogens is 1. The summed E-state index contributed by atoms with van der Waals surface area (Å²) in [5, 5.41) is 6.76. The minimum atomic E-state index is -0.402. The van der Waals surface area contributed by atoms with E-state index in [0.29, 0.717) is 17.1 Å². The molecule has 2 N–H and O–H groups in total. The minimum Gasteiger partial charge on any atom is -0.333 e. The molecular weight excluding hydrogens is 313 g/mol. The number of carbonyl (C=O) groups is 1. The summed E-state index contributed by atoms with van der Waals surface area (Å²) in [5.41, 5.74) is 0.668. The molecule has 0 unspecified atom stereocenters. The van der Waals surface area contributed by atoms with E-state index in [1.54, 1.807) is 19.2 Å². The first kappa shape index (κ1) is 15.7. The van der Waals surface area contributed by atoms with Crippen molar-refractivity contribution >= 4 is 29.0 Å². The zero-order valence-electron chi connectivity index (χ0n) is 11.6. The van der Waals surface area contributed by atoms with Crippen molar-refractivity contribution in [2.45, 2.75) is 26.4 Å². The summed E-state index contributed by atoms with van der Waals surface area (Å²) in [4.78, 5) is 16.9. The average molecular weight is 328 g/mol. The van der Waals surface area contributed by atoms with Crippen LogP contribution in [0.5, 0.6) is 0 Å². The summed E-state index contributed by atoms with van der Waals surface area (Å²) < 4.78 is 13.0. The second-order valence-electron chi connectivity index (χ2n) is 4.56. The van der Waals surface area contributed by atoms with E-state index in [1.165, 1.54) is 23.5 Å². The molecule has 0 aliphatic heterocycles. The summed E-state index contributed by atoms with van der Waals surface area (Å²) in [6.07, 6.45) is 1.74. The molecular formula is C14H15ClFN3OS. The topological polar surface area (TPSA) is 54.0 Å². The Bertz CT molecular complexity index is 647. The molecule has 0 saturated carbocycles. The number of nitrogens with zero attached hydrogens (tertiary/aromatic N) is 1. The molecule has 0 aliphatic carbocycles. The third-order valence-corrected chi connectivity index (χ3v) is 4.11. The third-order valence-electron chi connectivity index (χ3n) is 2.87. The van der Waals surface area contributed by atoms with Crippen molar-refractivity contribution in [2.75, 3.05) is 0 Å². The molecule has 0 spiro atoms. The lowest BCUT2D eigenvalue weighted by atomic mass is 10.1. The van der Waals surface area contributed by atoms with Gasteiger partial charge in [0.2, 0.25) is 0 Å². The van der Waals surface area contributed by atoms with E-state index in [2.05, 4.69) is 15.6 Å². The summed E-state index contributed by atoms with van der Waals surface area (Å²) >= 11 is 7.50. The molecule has 0 radical (unpaired) electrons. The molecule has 1 heterocycles. The summed E-state index contributed by atoms with van der Waals surface area (Å²) in [6, 6.07) is 3.48. The van der Waals surface area contributed by atoms with Gasteiger partial charge in [0.05, 0.1) is 17.6 Å². The number of halogens is 2. The van der Waals surface area contributed by atoms with Crippen LogP contribution in [-0.2, 0) is 6.54 Å². The first-order chi connectivity index (χ1) is 9.95. The molecule has 2 amide bonds. The van der Waals surface area contributed by atoms with Crippen LogP contribution in [0.3, 0.4) is 0 Å². The number of hydrogen-bond acceptors (Lipinski definition) is 3. The summed E-state index contributed by atoms with van der Waals surface area (Å²) in [5.74, 6) is -0.402. The maximum Gasteiger partial charge on any atom is 0.315 e. The lowest BCUT2D eigenvalue weighted by Crippen LogP contribution is -2.36. The van der Waals surface area contributed by atoms with Crippen molar-refractivity contribution in [1.82, 2.24) is 15.6 Å². The molecule has 2 rings (SSSR count). The Hall–Kier alpha value is -1.66. The SMILES string of the molecule is Cc1ncc(CNC(=O)N[C@@H](C)c2ccc(F)cc2Cl)s1. The van der Waals surface area contributed by atoms with Gasteiger partial charge in [0, 0.05) is 16.1 Å². The van der Waals surface area contributed by atoms with Gasteiger partial charge in [0.1, 0.15) is 5.82 Å². The highest BCUT2D eigenvalue weighted by Crippen LogP contribution is 2.23. The molecule has 0 fully saturated rings. The van der Waals surface area contributed by atoms with Gasteiger partial charge < -0.3 is 10.6 Å². The molecule has 21 heavy (non-hydrogen) atoms. The van der Waals surface area contributed by atoms with E-state index in [9.17, 15) is 9.18 Å². The predicted molar refractivity (Wildman–Crippen MR) is 82.0 cm³/mol. The van der Waals surface area contributed by atoms with Crippen LogP contribution >= 0.6 is 22.9 Å². The van der Waals surface area contributed by atoms with Crippen LogP contribution in [0, 0.1) is 12.7 Å². The summed E-state index contributed by atoms with van der Waals surface area (Å²) in [6.45, 7) is 4.11. The van der Waals surface area contributed by atoms with Crippen LogP contribution in [0.2, 0.25) is 5.02 Å². The maximum atomic E-state index is 13.0. The number of carbonyl (C=O) groups excluding carboxylic acids is 1. The van der Waals surface area contributed by atoms with Crippen LogP contribution in [0.4, 0.5) is 9.18 Å². The van der Waals surface area contributed by atoms with E-state index in [1.807, 2.05) is 6.92 Å². The Kier molecular flexibility index (Phi) is 5.14. The highest BCUT2D eigenvalue weighted by Gasteiger charge is 2.13. The normalized spacial score (nSPS) is 12.0. The monoisotopic (exact) mass is 327 g/mol. The fourth-order valence-electron chi connectivity index (χ4n) is 1.83. The number of hydrogen-bond donors (Lipinski definition) is 2. The van der Waals surface area contributed by atoms with Crippen molar-refractivity contribution in [3.8, 4) is 0 Å². The number of urea groups is 1. The number of amides is 2. The van der Waals surface area contributed by atoms with Gasteiger partial charge in [0.15, 0.2) is 0 Å². The van der Waals surface area contributed by atoms with Gasteiger partial charge in [-0.25, -0.2) is 14.2 Å². The van der Waals surface area contributed by atoms with E-state index >= 15 is 0 Å². The first-order valence-corrected chi connectivity index (χ1v) is 7.56. The van der Waals surface area contributed by atoms with Gasteiger partial charge in [-0.05, 0) is 31.5 Å². The largest absolute Gasteiger partial charge is 0.333 e. The Morgan fingerprint density at radius 3 is 2.90 bits per heavy atom. The molecule has 112 valence electrons. The number of aryl methyl sites for hydroxylation is 1. The zero-order chi connectivity index (χ0) is 15.4. The van der Waals surface area contributed by atoms with E-state index in [4.69, 9.17) is 11.6 Å². The quantitative estimate of drug-likeness (QED) is 0.897. The van der Waals surface area contributed by atoms with Gasteiger partial charge in [-0.1, -0.05) is 17.7 Å². The Labute approximate surface area is 131 Å². The predicted octanol–water partition coefficient (Wildman–Crippen LogP) is 3.80. The smallest absolute Gasteiger partial charge is 0.315 e. The first-order valence-electron chi connectivity index (χ1n) is 6.36. The zero-order valence-corrected chi connectivity index (χ0v) is 13.2. The van der Waals surface area contributed by atoms with Gasteiger partial charge in [0.25, 0.3) is 0 Å². The molecule has 1 aromatic carbocycles. The fourth-order valence-corrected chi connectivity index (χ4v) is 2.90. The number of thiazole rings is 1. The van der Waals surface area contributed by atoms with Crippen molar-refractivity contribution in [2.24, 2.45) is 0 Å². The molecule has 7 heteroatoms. The van der Waals surface area contributed by atoms with E-state index < -0.39 is 5.82 Å². The number of nitrogens with one attached hydrogen (secondary N) is 2. The summed E-state index contributed by atoms with van der Waals surface area (Å²) in [7, 11) is 0. The van der Waals surface area contributed by atoms with Crippen LogP contribution in [0.25, 0.3) is 0 Å². The Morgan fingerprint density at radius 2 is 2.29 bits per heavy atom. The second kappa shape index (κ2) is 6.87. The van der Waals surface area contributed by atoms with Crippen molar-refractivity contribution < 1.29 is 9.18 Å².